The molecule has 0 saturated carbocycles. The second-order valence-corrected chi connectivity index (χ2v) is 13.6. The van der Waals surface area contributed by atoms with Crippen LogP contribution >= 0.6 is 0 Å². The second-order valence-electron chi connectivity index (χ2n) is 13.6. The van der Waals surface area contributed by atoms with E-state index in [4.69, 9.17) is 4.42 Å². The molecule has 0 amide bonds. The SMILES string of the molecule is N#Cc1cccc2c1oc1c(-c3ccc4c(c3)c3cc(-c5ccc6c(c5)c5ccccc5n6-c5ccccc5)ccc3n4-c3ccccc3)cccc12. The Kier molecular flexibility index (Phi) is 6.28. The van der Waals surface area contributed by atoms with Crippen LogP contribution in [0.25, 0.3) is 99.2 Å². The third-order valence-corrected chi connectivity index (χ3v) is 10.8. The summed E-state index contributed by atoms with van der Waals surface area (Å²) in [6.07, 6.45) is 0. The summed E-state index contributed by atoms with van der Waals surface area (Å²) in [6.45, 7) is 0. The maximum atomic E-state index is 9.80. The molecule has 0 aliphatic heterocycles. The van der Waals surface area contributed by atoms with Gasteiger partial charge >= 0.3 is 0 Å². The van der Waals surface area contributed by atoms with E-state index in [-0.39, 0.29) is 0 Å². The zero-order chi connectivity index (χ0) is 35.0. The van der Waals surface area contributed by atoms with Crippen LogP contribution in [-0.4, -0.2) is 9.13 Å². The van der Waals surface area contributed by atoms with Crippen LogP contribution < -0.4 is 0 Å². The van der Waals surface area contributed by atoms with Gasteiger partial charge in [0.2, 0.25) is 0 Å². The maximum absolute atomic E-state index is 9.80. The van der Waals surface area contributed by atoms with Crippen molar-refractivity contribution in [3.8, 4) is 39.7 Å². The molecule has 0 N–H and O–H groups in total. The van der Waals surface area contributed by atoms with Crippen LogP contribution in [0.5, 0.6) is 0 Å². The minimum atomic E-state index is 0.543. The number of hydrogen-bond acceptors (Lipinski definition) is 2. The van der Waals surface area contributed by atoms with E-state index in [1.807, 2.05) is 18.2 Å². The number of nitrogens with zero attached hydrogens (tertiary/aromatic N) is 3. The summed E-state index contributed by atoms with van der Waals surface area (Å²) >= 11 is 0. The number of furan rings is 1. The molecule has 3 aromatic heterocycles. The molecule has 0 spiro atoms. The average Bonchev–Trinajstić information content (AvgIpc) is 3.88. The van der Waals surface area contributed by atoms with E-state index in [0.717, 1.165) is 60.8 Å². The van der Waals surface area contributed by atoms with Crippen LogP contribution in [0.4, 0.5) is 0 Å². The average molecular weight is 676 g/mol. The molecular weight excluding hydrogens is 647 g/mol. The minimum absolute atomic E-state index is 0.543. The minimum Gasteiger partial charge on any atom is -0.454 e. The number of nitriles is 1. The molecule has 11 aromatic rings. The smallest absolute Gasteiger partial charge is 0.153 e. The van der Waals surface area contributed by atoms with E-state index in [0.29, 0.717) is 11.1 Å². The van der Waals surface area contributed by atoms with Crippen molar-refractivity contribution in [1.29, 1.82) is 5.26 Å². The standard InChI is InChI=1S/C49H29N3O/c50-30-34-11-9-18-39-40-19-10-17-37(49(40)53-48(34)39)33-23-26-47-43(29-33)42-28-32(22-25-46(42)52(47)36-14-5-2-6-15-36)31-21-24-45-41(27-31)38-16-7-8-20-44(38)51(45)35-12-3-1-4-13-35/h1-29H. The highest BCUT2D eigenvalue weighted by Gasteiger charge is 2.19. The molecule has 0 aliphatic carbocycles. The van der Waals surface area contributed by atoms with Gasteiger partial charge in [-0.05, 0) is 89.5 Å². The third kappa shape index (κ3) is 4.35. The fraction of sp³-hybridized carbons (Fsp3) is 0. The molecular formula is C49H29N3O. The van der Waals surface area contributed by atoms with Gasteiger partial charge in [0, 0.05) is 49.3 Å². The Morgan fingerprint density at radius 1 is 0.377 bits per heavy atom. The Hall–Kier alpha value is -7.35. The van der Waals surface area contributed by atoms with Crippen molar-refractivity contribution in [3.63, 3.8) is 0 Å². The first-order chi connectivity index (χ1) is 26.2. The van der Waals surface area contributed by atoms with E-state index < -0.39 is 0 Å². The molecule has 8 aromatic carbocycles. The quantitative estimate of drug-likeness (QED) is 0.186. The Morgan fingerprint density at radius 2 is 0.849 bits per heavy atom. The van der Waals surface area contributed by atoms with Gasteiger partial charge in [-0.3, -0.25) is 0 Å². The van der Waals surface area contributed by atoms with Crippen molar-refractivity contribution in [2.24, 2.45) is 0 Å². The number of hydrogen-bond donors (Lipinski definition) is 0. The topological polar surface area (TPSA) is 46.8 Å². The van der Waals surface area contributed by atoms with Gasteiger partial charge in [0.1, 0.15) is 11.7 Å². The van der Waals surface area contributed by atoms with Crippen molar-refractivity contribution < 1.29 is 4.42 Å². The van der Waals surface area contributed by atoms with Gasteiger partial charge in [-0.2, -0.15) is 5.26 Å². The lowest BCUT2D eigenvalue weighted by Gasteiger charge is -2.09. The molecule has 0 fully saturated rings. The molecule has 0 unspecified atom stereocenters. The molecule has 0 aliphatic rings. The summed E-state index contributed by atoms with van der Waals surface area (Å²) in [5.74, 6) is 0. The van der Waals surface area contributed by atoms with Crippen LogP contribution in [0.15, 0.2) is 180 Å². The van der Waals surface area contributed by atoms with Crippen LogP contribution in [0.3, 0.4) is 0 Å². The normalized spacial score (nSPS) is 11.8. The van der Waals surface area contributed by atoms with Gasteiger partial charge in [-0.1, -0.05) is 103 Å². The molecule has 4 heteroatoms. The molecule has 0 bridgehead atoms. The third-order valence-electron chi connectivity index (χ3n) is 10.8. The largest absolute Gasteiger partial charge is 0.454 e. The zero-order valence-corrected chi connectivity index (χ0v) is 28.5. The van der Waals surface area contributed by atoms with E-state index in [1.165, 1.54) is 32.8 Å². The first kappa shape index (κ1) is 29.4. The van der Waals surface area contributed by atoms with Gasteiger partial charge < -0.3 is 13.6 Å². The number of aromatic nitrogens is 2. The molecule has 0 radical (unpaired) electrons. The first-order valence-electron chi connectivity index (χ1n) is 17.8. The van der Waals surface area contributed by atoms with Gasteiger partial charge in [0.25, 0.3) is 0 Å². The van der Waals surface area contributed by atoms with Crippen LogP contribution in [0, 0.1) is 11.3 Å². The monoisotopic (exact) mass is 675 g/mol. The van der Waals surface area contributed by atoms with Crippen molar-refractivity contribution in [2.45, 2.75) is 0 Å². The highest BCUT2D eigenvalue weighted by Crippen LogP contribution is 2.42. The zero-order valence-electron chi connectivity index (χ0n) is 28.5. The summed E-state index contributed by atoms with van der Waals surface area (Å²) < 4.78 is 11.2. The summed E-state index contributed by atoms with van der Waals surface area (Å²) in [7, 11) is 0. The van der Waals surface area contributed by atoms with Crippen molar-refractivity contribution in [2.75, 3.05) is 0 Å². The number of para-hydroxylation sites is 5. The molecule has 3 heterocycles. The summed E-state index contributed by atoms with van der Waals surface area (Å²) in [6, 6.07) is 64.6. The molecule has 0 saturated heterocycles. The first-order valence-corrected chi connectivity index (χ1v) is 17.8. The van der Waals surface area contributed by atoms with Crippen LogP contribution in [-0.2, 0) is 0 Å². The van der Waals surface area contributed by atoms with Crippen molar-refractivity contribution in [3.05, 3.63) is 181 Å². The Labute approximate surface area is 304 Å². The highest BCUT2D eigenvalue weighted by atomic mass is 16.3. The predicted octanol–water partition coefficient (Wildman–Crippen LogP) is 13.0. The maximum Gasteiger partial charge on any atom is 0.153 e. The lowest BCUT2D eigenvalue weighted by atomic mass is 9.98. The van der Waals surface area contributed by atoms with Crippen LogP contribution in [0.2, 0.25) is 0 Å². The summed E-state index contributed by atoms with van der Waals surface area (Å²) in [5, 5.41) is 16.6. The van der Waals surface area contributed by atoms with Crippen molar-refractivity contribution in [1.82, 2.24) is 9.13 Å². The highest BCUT2D eigenvalue weighted by molar-refractivity contribution is 6.15. The lowest BCUT2D eigenvalue weighted by Crippen LogP contribution is -1.93. The van der Waals surface area contributed by atoms with Gasteiger partial charge in [0.15, 0.2) is 5.58 Å². The fourth-order valence-corrected chi connectivity index (χ4v) is 8.37. The van der Waals surface area contributed by atoms with E-state index in [2.05, 4.69) is 173 Å². The fourth-order valence-electron chi connectivity index (χ4n) is 8.37. The molecule has 11 rings (SSSR count). The van der Waals surface area contributed by atoms with Gasteiger partial charge in [-0.25, -0.2) is 0 Å². The van der Waals surface area contributed by atoms with Gasteiger partial charge in [0.05, 0.1) is 27.6 Å². The summed E-state index contributed by atoms with van der Waals surface area (Å²) in [5.41, 5.74) is 13.3. The molecule has 53 heavy (non-hydrogen) atoms. The van der Waals surface area contributed by atoms with Crippen molar-refractivity contribution >= 4 is 65.6 Å². The van der Waals surface area contributed by atoms with Gasteiger partial charge in [-0.15, -0.1) is 0 Å². The second kappa shape index (κ2) is 11.3. The summed E-state index contributed by atoms with van der Waals surface area (Å²) in [4.78, 5) is 0. The predicted molar refractivity (Wildman–Crippen MR) is 218 cm³/mol. The molecule has 4 nitrogen and oxygen atoms in total. The Balaban J connectivity index is 1.14. The van der Waals surface area contributed by atoms with E-state index in [9.17, 15) is 5.26 Å². The molecule has 0 atom stereocenters. The Bertz CT molecular complexity index is 3280. The number of fused-ring (bicyclic) bond motifs is 9. The number of rotatable bonds is 4. The Morgan fingerprint density at radius 3 is 1.47 bits per heavy atom. The van der Waals surface area contributed by atoms with Crippen LogP contribution in [0.1, 0.15) is 5.56 Å². The van der Waals surface area contributed by atoms with E-state index in [1.54, 1.807) is 0 Å². The number of benzene rings is 8. The van der Waals surface area contributed by atoms with E-state index >= 15 is 0 Å². The lowest BCUT2D eigenvalue weighted by molar-refractivity contribution is 0.668. The molecule has 246 valence electrons.